The Balaban J connectivity index is 1.71. The van der Waals surface area contributed by atoms with E-state index in [4.69, 9.17) is 16.0 Å². The molecule has 0 spiro atoms. The fraction of sp³-hybridized carbons (Fsp3) is 0.400. The Kier molecular flexibility index (Phi) is 4.33. The predicted octanol–water partition coefficient (Wildman–Crippen LogP) is 3.72. The van der Waals surface area contributed by atoms with E-state index in [0.29, 0.717) is 18.5 Å². The number of aliphatic hydroxyl groups excluding tert-OH is 1. The van der Waals surface area contributed by atoms with Gasteiger partial charge in [-0.1, -0.05) is 6.07 Å². The zero-order valence-corrected chi connectivity index (χ0v) is 12.9. The first-order valence-corrected chi connectivity index (χ1v) is 8.18. The first-order chi connectivity index (χ1) is 10.2. The standard InChI is InChI=1S/C15H16ClNO3S/c16-14-11(5-7-20-14)15(19)17-6-1-3-10(17)9-12(18)13-4-2-8-21-13/h2,4-5,7-8,10,12,18H,1,3,6,9H2/t10-,12+/m1/s1. The van der Waals surface area contributed by atoms with E-state index in [1.54, 1.807) is 11.0 Å². The Morgan fingerprint density at radius 2 is 2.43 bits per heavy atom. The Morgan fingerprint density at radius 3 is 3.10 bits per heavy atom. The van der Waals surface area contributed by atoms with Crippen molar-refractivity contribution in [3.8, 4) is 0 Å². The molecule has 1 amide bonds. The molecular formula is C15H16ClNO3S. The molecule has 6 heteroatoms. The van der Waals surface area contributed by atoms with E-state index >= 15 is 0 Å². The summed E-state index contributed by atoms with van der Waals surface area (Å²) in [6.45, 7) is 0.697. The minimum atomic E-state index is -0.525. The summed E-state index contributed by atoms with van der Waals surface area (Å²) in [5.74, 6) is -0.116. The zero-order chi connectivity index (χ0) is 14.8. The molecule has 0 unspecified atom stereocenters. The Bertz CT molecular complexity index is 610. The molecule has 1 saturated heterocycles. The maximum absolute atomic E-state index is 12.5. The molecule has 112 valence electrons. The third-order valence-electron chi connectivity index (χ3n) is 3.85. The molecule has 2 aromatic rings. The molecule has 1 N–H and O–H groups in total. The molecule has 0 radical (unpaired) electrons. The van der Waals surface area contributed by atoms with Gasteiger partial charge in [-0.2, -0.15) is 0 Å². The summed E-state index contributed by atoms with van der Waals surface area (Å²) in [6, 6.07) is 5.48. The number of halogens is 1. The van der Waals surface area contributed by atoms with Crippen LogP contribution in [-0.4, -0.2) is 28.5 Å². The van der Waals surface area contributed by atoms with Gasteiger partial charge in [0.05, 0.1) is 17.9 Å². The lowest BCUT2D eigenvalue weighted by molar-refractivity contribution is 0.0669. The summed E-state index contributed by atoms with van der Waals surface area (Å²) >= 11 is 7.42. The van der Waals surface area contributed by atoms with Crippen LogP contribution in [0.1, 0.15) is 40.6 Å². The van der Waals surface area contributed by atoms with Crippen molar-refractivity contribution in [1.29, 1.82) is 0 Å². The van der Waals surface area contributed by atoms with Crippen molar-refractivity contribution in [3.63, 3.8) is 0 Å². The molecule has 3 rings (SSSR count). The molecule has 3 heterocycles. The van der Waals surface area contributed by atoms with Crippen LogP contribution in [0.25, 0.3) is 0 Å². The number of likely N-dealkylation sites (tertiary alicyclic amines) is 1. The average Bonchev–Trinajstić information content (AvgIpc) is 3.19. The quantitative estimate of drug-likeness (QED) is 0.932. The van der Waals surface area contributed by atoms with Gasteiger partial charge in [-0.25, -0.2) is 0 Å². The van der Waals surface area contributed by atoms with E-state index in [9.17, 15) is 9.90 Å². The number of amides is 1. The summed E-state index contributed by atoms with van der Waals surface area (Å²) in [7, 11) is 0. The van der Waals surface area contributed by atoms with Crippen LogP contribution in [-0.2, 0) is 0 Å². The van der Waals surface area contributed by atoms with E-state index < -0.39 is 6.10 Å². The van der Waals surface area contributed by atoms with Gasteiger partial charge in [0.2, 0.25) is 5.22 Å². The normalized spacial score (nSPS) is 19.9. The SMILES string of the molecule is O=C(c1ccoc1Cl)N1CCC[C@@H]1C[C@H](O)c1cccs1. The van der Waals surface area contributed by atoms with Crippen LogP contribution in [0, 0.1) is 0 Å². The van der Waals surface area contributed by atoms with Gasteiger partial charge >= 0.3 is 0 Å². The molecule has 0 bridgehead atoms. The van der Waals surface area contributed by atoms with Gasteiger partial charge in [-0.05, 0) is 48.4 Å². The van der Waals surface area contributed by atoms with Gasteiger partial charge in [-0.15, -0.1) is 11.3 Å². The molecule has 2 atom stereocenters. The number of carbonyl (C=O) groups excluding carboxylic acids is 1. The number of hydrogen-bond donors (Lipinski definition) is 1. The molecule has 0 aliphatic carbocycles. The summed E-state index contributed by atoms with van der Waals surface area (Å²) < 4.78 is 4.99. The van der Waals surface area contributed by atoms with E-state index in [0.717, 1.165) is 17.7 Å². The summed E-state index contributed by atoms with van der Waals surface area (Å²) in [5, 5.41) is 12.4. The van der Waals surface area contributed by atoms with Crippen molar-refractivity contribution in [2.75, 3.05) is 6.54 Å². The van der Waals surface area contributed by atoms with Crippen LogP contribution in [0.3, 0.4) is 0 Å². The first-order valence-electron chi connectivity index (χ1n) is 6.92. The maximum atomic E-state index is 12.5. The van der Waals surface area contributed by atoms with Gasteiger partial charge in [0, 0.05) is 17.5 Å². The predicted molar refractivity (Wildman–Crippen MR) is 81.7 cm³/mol. The Hall–Kier alpha value is -1.30. The third-order valence-corrected chi connectivity index (χ3v) is 5.12. The summed E-state index contributed by atoms with van der Waals surface area (Å²) in [6.07, 6.45) is 3.30. The minimum absolute atomic E-state index is 0.0422. The lowest BCUT2D eigenvalue weighted by Gasteiger charge is -2.26. The lowest BCUT2D eigenvalue weighted by Crippen LogP contribution is -2.36. The molecule has 0 saturated carbocycles. The Morgan fingerprint density at radius 1 is 1.57 bits per heavy atom. The lowest BCUT2D eigenvalue weighted by atomic mass is 10.1. The van der Waals surface area contributed by atoms with E-state index in [2.05, 4.69) is 0 Å². The minimum Gasteiger partial charge on any atom is -0.452 e. The highest BCUT2D eigenvalue weighted by Gasteiger charge is 2.32. The number of nitrogens with zero attached hydrogens (tertiary/aromatic N) is 1. The number of thiophene rings is 1. The van der Waals surface area contributed by atoms with Crippen LogP contribution in [0.15, 0.2) is 34.3 Å². The highest BCUT2D eigenvalue weighted by atomic mass is 35.5. The van der Waals surface area contributed by atoms with Crippen LogP contribution in [0.2, 0.25) is 5.22 Å². The molecule has 1 aliphatic heterocycles. The number of aliphatic hydroxyl groups is 1. The fourth-order valence-electron chi connectivity index (χ4n) is 2.80. The summed E-state index contributed by atoms with van der Waals surface area (Å²) in [4.78, 5) is 15.2. The van der Waals surface area contributed by atoms with E-state index in [-0.39, 0.29) is 17.2 Å². The molecule has 1 aliphatic rings. The van der Waals surface area contributed by atoms with Gasteiger partial charge in [0.25, 0.3) is 5.91 Å². The van der Waals surface area contributed by atoms with Crippen molar-refractivity contribution in [1.82, 2.24) is 4.90 Å². The topological polar surface area (TPSA) is 53.7 Å². The number of carbonyl (C=O) groups is 1. The Labute approximate surface area is 131 Å². The second-order valence-corrected chi connectivity index (χ2v) is 6.49. The van der Waals surface area contributed by atoms with Gasteiger partial charge < -0.3 is 14.4 Å². The number of furan rings is 1. The molecular weight excluding hydrogens is 310 g/mol. The molecule has 21 heavy (non-hydrogen) atoms. The van der Waals surface area contributed by atoms with Crippen LogP contribution in [0.4, 0.5) is 0 Å². The second-order valence-electron chi connectivity index (χ2n) is 5.17. The second kappa shape index (κ2) is 6.22. The van der Waals surface area contributed by atoms with Crippen molar-refractivity contribution >= 4 is 28.8 Å². The smallest absolute Gasteiger partial charge is 0.258 e. The average molecular weight is 326 g/mol. The monoisotopic (exact) mass is 325 g/mol. The van der Waals surface area contributed by atoms with Crippen LogP contribution >= 0.6 is 22.9 Å². The fourth-order valence-corrected chi connectivity index (χ4v) is 3.72. The van der Waals surface area contributed by atoms with Crippen LogP contribution < -0.4 is 0 Å². The van der Waals surface area contributed by atoms with Crippen LogP contribution in [0.5, 0.6) is 0 Å². The van der Waals surface area contributed by atoms with Gasteiger partial charge in [-0.3, -0.25) is 4.79 Å². The molecule has 2 aromatic heterocycles. The summed E-state index contributed by atoms with van der Waals surface area (Å²) in [5.41, 5.74) is 0.397. The van der Waals surface area contributed by atoms with Gasteiger partial charge in [0.1, 0.15) is 0 Å². The van der Waals surface area contributed by atoms with Gasteiger partial charge in [0.15, 0.2) is 0 Å². The molecule has 0 aromatic carbocycles. The molecule has 4 nitrogen and oxygen atoms in total. The zero-order valence-electron chi connectivity index (χ0n) is 11.4. The van der Waals surface area contributed by atoms with Crippen molar-refractivity contribution in [2.24, 2.45) is 0 Å². The number of hydrogen-bond acceptors (Lipinski definition) is 4. The highest BCUT2D eigenvalue weighted by Crippen LogP contribution is 2.31. The van der Waals surface area contributed by atoms with Crippen molar-refractivity contribution < 1.29 is 14.3 Å². The third kappa shape index (κ3) is 3.00. The van der Waals surface area contributed by atoms with E-state index in [1.165, 1.54) is 17.6 Å². The first kappa shape index (κ1) is 14.6. The van der Waals surface area contributed by atoms with E-state index in [1.807, 2.05) is 17.5 Å². The maximum Gasteiger partial charge on any atom is 0.258 e. The van der Waals surface area contributed by atoms with Crippen molar-refractivity contribution in [2.45, 2.75) is 31.4 Å². The highest BCUT2D eigenvalue weighted by molar-refractivity contribution is 7.10. The molecule has 1 fully saturated rings. The largest absolute Gasteiger partial charge is 0.452 e. The number of rotatable bonds is 4. The van der Waals surface area contributed by atoms with Crippen molar-refractivity contribution in [3.05, 3.63) is 45.5 Å².